The summed E-state index contributed by atoms with van der Waals surface area (Å²) in [5, 5.41) is 0. The number of aromatic nitrogens is 2. The van der Waals surface area contributed by atoms with Crippen molar-refractivity contribution in [2.75, 3.05) is 39.4 Å². The maximum absolute atomic E-state index is 13.1. The molecule has 3 heterocycles. The van der Waals surface area contributed by atoms with Crippen molar-refractivity contribution in [3.8, 4) is 0 Å². The van der Waals surface area contributed by atoms with Crippen molar-refractivity contribution in [3.05, 3.63) is 53.6 Å². The second-order valence-corrected chi connectivity index (χ2v) is 8.44. The number of aromatic amines is 1. The van der Waals surface area contributed by atoms with Gasteiger partial charge in [-0.3, -0.25) is 9.69 Å². The number of imidazole rings is 1. The van der Waals surface area contributed by atoms with Crippen LogP contribution >= 0.6 is 0 Å². The van der Waals surface area contributed by atoms with E-state index in [0.717, 1.165) is 56.2 Å². The number of amides is 1. The Labute approximate surface area is 178 Å². The zero-order valence-electron chi connectivity index (χ0n) is 17.8. The van der Waals surface area contributed by atoms with E-state index in [-0.39, 0.29) is 12.0 Å². The fraction of sp³-hybridized carbons (Fsp3) is 0.565. The number of hydrogen-bond acceptors (Lipinski definition) is 5. The molecule has 0 unspecified atom stereocenters. The summed E-state index contributed by atoms with van der Waals surface area (Å²) < 4.78 is 11.8. The molecule has 7 nitrogen and oxygen atoms in total. The van der Waals surface area contributed by atoms with Crippen LogP contribution in [0.5, 0.6) is 0 Å². The van der Waals surface area contributed by atoms with Crippen LogP contribution in [0.2, 0.25) is 0 Å². The number of nitrogens with zero attached hydrogens (tertiary/aromatic N) is 3. The molecule has 0 saturated carbocycles. The van der Waals surface area contributed by atoms with Crippen LogP contribution in [-0.2, 0) is 27.4 Å². The minimum absolute atomic E-state index is 0.0273. The van der Waals surface area contributed by atoms with Gasteiger partial charge in [-0.05, 0) is 31.2 Å². The molecule has 4 rings (SSSR count). The summed E-state index contributed by atoms with van der Waals surface area (Å²) in [6.07, 6.45) is 3.87. The largest absolute Gasteiger partial charge is 0.381 e. The van der Waals surface area contributed by atoms with Gasteiger partial charge in [-0.2, -0.15) is 0 Å². The lowest BCUT2D eigenvalue weighted by Gasteiger charge is -2.30. The molecule has 162 valence electrons. The van der Waals surface area contributed by atoms with Gasteiger partial charge in [0, 0.05) is 51.3 Å². The highest BCUT2D eigenvalue weighted by atomic mass is 16.5. The quantitative estimate of drug-likeness (QED) is 0.756. The standard InChI is InChI=1S/C23H32N4O3/c1-18-24-11-21(25-18)13-26-14-22(30-17-20-5-3-2-4-6-20)15-27(23(28)16-26)12-19-7-9-29-10-8-19/h2-6,11,19,22H,7-10,12-17H2,1H3,(H,24,25)/t22-/m0/s1. The maximum atomic E-state index is 13.1. The van der Waals surface area contributed by atoms with Crippen molar-refractivity contribution in [2.24, 2.45) is 5.92 Å². The molecule has 0 radical (unpaired) electrons. The number of carbonyl (C=O) groups is 1. The minimum atomic E-state index is -0.0273. The number of carbonyl (C=O) groups excluding carboxylic acids is 1. The summed E-state index contributed by atoms with van der Waals surface area (Å²) in [5.41, 5.74) is 2.18. The fourth-order valence-electron chi connectivity index (χ4n) is 4.27. The Morgan fingerprint density at radius 1 is 1.20 bits per heavy atom. The Morgan fingerprint density at radius 2 is 2.00 bits per heavy atom. The molecule has 1 aromatic carbocycles. The summed E-state index contributed by atoms with van der Waals surface area (Å²) in [4.78, 5) is 24.8. The van der Waals surface area contributed by atoms with Crippen molar-refractivity contribution >= 4 is 5.91 Å². The summed E-state index contributed by atoms with van der Waals surface area (Å²) >= 11 is 0. The van der Waals surface area contributed by atoms with Crippen LogP contribution in [0.15, 0.2) is 36.5 Å². The van der Waals surface area contributed by atoms with Gasteiger partial charge in [0.2, 0.25) is 5.91 Å². The van der Waals surface area contributed by atoms with Gasteiger partial charge < -0.3 is 19.4 Å². The second-order valence-electron chi connectivity index (χ2n) is 8.44. The molecule has 1 amide bonds. The molecule has 0 aliphatic carbocycles. The molecule has 2 fully saturated rings. The van der Waals surface area contributed by atoms with Crippen molar-refractivity contribution < 1.29 is 14.3 Å². The van der Waals surface area contributed by atoms with Gasteiger partial charge in [0.1, 0.15) is 5.82 Å². The van der Waals surface area contributed by atoms with Crippen LogP contribution in [0.1, 0.15) is 29.9 Å². The van der Waals surface area contributed by atoms with E-state index in [1.54, 1.807) is 0 Å². The fourth-order valence-corrected chi connectivity index (χ4v) is 4.27. The van der Waals surface area contributed by atoms with Crippen LogP contribution in [0.4, 0.5) is 0 Å². The highest BCUT2D eigenvalue weighted by Gasteiger charge is 2.30. The van der Waals surface area contributed by atoms with E-state index < -0.39 is 0 Å². The topological polar surface area (TPSA) is 70.7 Å². The lowest BCUT2D eigenvalue weighted by atomic mass is 9.99. The first kappa shape index (κ1) is 21.0. The minimum Gasteiger partial charge on any atom is -0.381 e. The molecule has 2 aromatic rings. The molecule has 0 spiro atoms. The zero-order valence-corrected chi connectivity index (χ0v) is 17.8. The molecule has 2 saturated heterocycles. The number of H-pyrrole nitrogens is 1. The first-order chi connectivity index (χ1) is 14.7. The van der Waals surface area contributed by atoms with E-state index in [4.69, 9.17) is 9.47 Å². The van der Waals surface area contributed by atoms with Gasteiger partial charge in [-0.1, -0.05) is 30.3 Å². The third-order valence-electron chi connectivity index (χ3n) is 5.89. The van der Waals surface area contributed by atoms with Crippen LogP contribution in [0.3, 0.4) is 0 Å². The number of rotatable bonds is 7. The first-order valence-electron chi connectivity index (χ1n) is 10.9. The van der Waals surface area contributed by atoms with Crippen LogP contribution < -0.4 is 0 Å². The van der Waals surface area contributed by atoms with Crippen molar-refractivity contribution in [1.82, 2.24) is 19.8 Å². The van der Waals surface area contributed by atoms with E-state index in [9.17, 15) is 4.79 Å². The molecule has 0 bridgehead atoms. The average Bonchev–Trinajstić information content (AvgIpc) is 3.10. The van der Waals surface area contributed by atoms with Gasteiger partial charge in [-0.15, -0.1) is 0 Å². The Hall–Kier alpha value is -2.22. The Balaban J connectivity index is 1.43. The first-order valence-corrected chi connectivity index (χ1v) is 10.9. The molecule has 30 heavy (non-hydrogen) atoms. The molecule has 1 aromatic heterocycles. The van der Waals surface area contributed by atoms with Gasteiger partial charge in [-0.25, -0.2) is 4.98 Å². The normalized spacial score (nSPS) is 21.7. The molecule has 2 aliphatic rings. The highest BCUT2D eigenvalue weighted by molar-refractivity contribution is 5.78. The molecular formula is C23H32N4O3. The number of ether oxygens (including phenoxy) is 2. The van der Waals surface area contributed by atoms with E-state index in [0.29, 0.717) is 32.2 Å². The highest BCUT2D eigenvalue weighted by Crippen LogP contribution is 2.19. The van der Waals surface area contributed by atoms with Crippen molar-refractivity contribution in [3.63, 3.8) is 0 Å². The zero-order chi connectivity index (χ0) is 20.8. The van der Waals surface area contributed by atoms with Crippen LogP contribution in [0.25, 0.3) is 0 Å². The van der Waals surface area contributed by atoms with Crippen molar-refractivity contribution in [1.29, 1.82) is 0 Å². The Morgan fingerprint density at radius 3 is 2.73 bits per heavy atom. The monoisotopic (exact) mass is 412 g/mol. The lowest BCUT2D eigenvalue weighted by Crippen LogP contribution is -2.42. The molecule has 1 N–H and O–H groups in total. The third kappa shape index (κ3) is 5.90. The van der Waals surface area contributed by atoms with Gasteiger partial charge >= 0.3 is 0 Å². The summed E-state index contributed by atoms with van der Waals surface area (Å²) in [6, 6.07) is 10.2. The summed E-state index contributed by atoms with van der Waals surface area (Å²) in [5.74, 6) is 1.59. The van der Waals surface area contributed by atoms with E-state index in [2.05, 4.69) is 27.0 Å². The van der Waals surface area contributed by atoms with Crippen molar-refractivity contribution in [2.45, 2.75) is 39.0 Å². The Kier molecular flexibility index (Phi) is 7.15. The third-order valence-corrected chi connectivity index (χ3v) is 5.89. The number of benzene rings is 1. The number of nitrogens with one attached hydrogen (secondary N) is 1. The van der Waals surface area contributed by atoms with Gasteiger partial charge in [0.15, 0.2) is 0 Å². The van der Waals surface area contributed by atoms with Crippen LogP contribution in [0, 0.1) is 12.8 Å². The summed E-state index contributed by atoms with van der Waals surface area (Å²) in [6.45, 7) is 7.33. The molecule has 7 heteroatoms. The average molecular weight is 413 g/mol. The molecule has 1 atom stereocenters. The van der Waals surface area contributed by atoms with E-state index in [1.807, 2.05) is 36.2 Å². The predicted octanol–water partition coefficient (Wildman–Crippen LogP) is 2.37. The number of aryl methyl sites for hydroxylation is 1. The smallest absolute Gasteiger partial charge is 0.236 e. The van der Waals surface area contributed by atoms with E-state index >= 15 is 0 Å². The number of hydrogen-bond donors (Lipinski definition) is 1. The second kappa shape index (κ2) is 10.2. The molecular weight excluding hydrogens is 380 g/mol. The predicted molar refractivity (Wildman–Crippen MR) is 114 cm³/mol. The maximum Gasteiger partial charge on any atom is 0.236 e. The summed E-state index contributed by atoms with van der Waals surface area (Å²) in [7, 11) is 0. The van der Waals surface area contributed by atoms with Crippen LogP contribution in [-0.4, -0.2) is 71.2 Å². The molecule has 2 aliphatic heterocycles. The van der Waals surface area contributed by atoms with Gasteiger partial charge in [0.05, 0.1) is 19.3 Å². The van der Waals surface area contributed by atoms with Gasteiger partial charge in [0.25, 0.3) is 0 Å². The lowest BCUT2D eigenvalue weighted by molar-refractivity contribution is -0.133. The Bertz CT molecular complexity index is 804. The SMILES string of the molecule is Cc1ncc(CN2CC(=O)N(CC3CCOCC3)C[C@@H](OCc3ccccc3)C2)[nH]1. The van der Waals surface area contributed by atoms with E-state index in [1.165, 1.54) is 0 Å².